The van der Waals surface area contributed by atoms with Crippen LogP contribution in [0.5, 0.6) is 0 Å². The highest BCUT2D eigenvalue weighted by Crippen LogP contribution is 2.16. The third kappa shape index (κ3) is 2.71. The van der Waals surface area contributed by atoms with Gasteiger partial charge in [-0.3, -0.25) is 0 Å². The molecule has 0 saturated heterocycles. The number of aromatic nitrogens is 2. The Labute approximate surface area is 100 Å². The molecule has 3 nitrogen and oxygen atoms in total. The molecule has 4 heteroatoms. The Morgan fingerprint density at radius 1 is 1.41 bits per heavy atom. The molecule has 0 spiro atoms. The standard InChI is InChI=1S/C13H16FN3/c1-9(11-5-3-4-6-12(11)14)15-7-13-10(2)16-8-17-13/h3-6,8-9,15H,7H2,1-2H3,(H,16,17). The Morgan fingerprint density at radius 2 is 2.18 bits per heavy atom. The van der Waals surface area contributed by atoms with Crippen LogP contribution < -0.4 is 5.32 Å². The molecule has 1 aromatic carbocycles. The maximum atomic E-state index is 13.5. The number of halogens is 1. The SMILES string of the molecule is Cc1[nH]cnc1CNC(C)c1ccccc1F. The number of nitrogens with one attached hydrogen (secondary N) is 2. The van der Waals surface area contributed by atoms with Crippen LogP contribution in [-0.4, -0.2) is 9.97 Å². The fourth-order valence-electron chi connectivity index (χ4n) is 1.75. The summed E-state index contributed by atoms with van der Waals surface area (Å²) in [6.07, 6.45) is 1.67. The van der Waals surface area contributed by atoms with Gasteiger partial charge < -0.3 is 10.3 Å². The van der Waals surface area contributed by atoms with Gasteiger partial charge in [0.05, 0.1) is 12.0 Å². The van der Waals surface area contributed by atoms with E-state index in [2.05, 4.69) is 15.3 Å². The number of nitrogens with zero attached hydrogens (tertiary/aromatic N) is 1. The fraction of sp³-hybridized carbons (Fsp3) is 0.308. The number of hydrogen-bond acceptors (Lipinski definition) is 2. The molecule has 17 heavy (non-hydrogen) atoms. The van der Waals surface area contributed by atoms with Crippen LogP contribution in [0.1, 0.15) is 29.9 Å². The second kappa shape index (κ2) is 5.10. The van der Waals surface area contributed by atoms with Crippen molar-refractivity contribution in [1.82, 2.24) is 15.3 Å². The van der Waals surface area contributed by atoms with Gasteiger partial charge in [0.1, 0.15) is 5.82 Å². The van der Waals surface area contributed by atoms with Crippen molar-refractivity contribution in [3.8, 4) is 0 Å². The summed E-state index contributed by atoms with van der Waals surface area (Å²) in [7, 11) is 0. The molecule has 2 N–H and O–H groups in total. The number of H-pyrrole nitrogens is 1. The van der Waals surface area contributed by atoms with Crippen LogP contribution in [-0.2, 0) is 6.54 Å². The van der Waals surface area contributed by atoms with Crippen molar-refractivity contribution < 1.29 is 4.39 Å². The lowest BCUT2D eigenvalue weighted by Gasteiger charge is -2.14. The third-order valence-electron chi connectivity index (χ3n) is 2.88. The van der Waals surface area contributed by atoms with E-state index < -0.39 is 0 Å². The minimum absolute atomic E-state index is 0.0349. The average molecular weight is 233 g/mol. The van der Waals surface area contributed by atoms with E-state index in [9.17, 15) is 4.39 Å². The Balaban J connectivity index is 2.01. The van der Waals surface area contributed by atoms with E-state index in [1.54, 1.807) is 18.5 Å². The highest BCUT2D eigenvalue weighted by molar-refractivity contribution is 5.20. The molecular weight excluding hydrogens is 217 g/mol. The van der Waals surface area contributed by atoms with Crippen molar-refractivity contribution in [3.63, 3.8) is 0 Å². The number of aryl methyl sites for hydroxylation is 1. The lowest BCUT2D eigenvalue weighted by atomic mass is 10.1. The topological polar surface area (TPSA) is 40.7 Å². The van der Waals surface area contributed by atoms with Crippen molar-refractivity contribution in [1.29, 1.82) is 0 Å². The molecule has 0 aliphatic heterocycles. The molecule has 0 radical (unpaired) electrons. The van der Waals surface area contributed by atoms with Gasteiger partial charge in [0, 0.05) is 23.8 Å². The van der Waals surface area contributed by atoms with Crippen LogP contribution in [0.15, 0.2) is 30.6 Å². The molecule has 1 aromatic heterocycles. The van der Waals surface area contributed by atoms with Crippen molar-refractivity contribution in [3.05, 3.63) is 53.4 Å². The van der Waals surface area contributed by atoms with Crippen LogP contribution in [0.25, 0.3) is 0 Å². The first-order valence-corrected chi connectivity index (χ1v) is 5.65. The number of aromatic amines is 1. The van der Waals surface area contributed by atoms with Gasteiger partial charge in [-0.05, 0) is 19.9 Å². The van der Waals surface area contributed by atoms with Crippen LogP contribution in [0.2, 0.25) is 0 Å². The Morgan fingerprint density at radius 3 is 2.82 bits per heavy atom. The molecule has 2 rings (SSSR count). The van der Waals surface area contributed by atoms with E-state index in [4.69, 9.17) is 0 Å². The number of imidazole rings is 1. The monoisotopic (exact) mass is 233 g/mol. The molecule has 0 saturated carbocycles. The summed E-state index contributed by atoms with van der Waals surface area (Å²) in [4.78, 5) is 7.21. The highest BCUT2D eigenvalue weighted by Gasteiger charge is 2.10. The van der Waals surface area contributed by atoms with E-state index in [0.29, 0.717) is 12.1 Å². The van der Waals surface area contributed by atoms with E-state index >= 15 is 0 Å². The van der Waals surface area contributed by atoms with E-state index in [0.717, 1.165) is 11.4 Å². The van der Waals surface area contributed by atoms with Gasteiger partial charge in [-0.1, -0.05) is 18.2 Å². The van der Waals surface area contributed by atoms with Crippen LogP contribution in [0.3, 0.4) is 0 Å². The van der Waals surface area contributed by atoms with Gasteiger partial charge in [-0.2, -0.15) is 0 Å². The molecule has 90 valence electrons. The van der Waals surface area contributed by atoms with Crippen molar-refractivity contribution in [2.75, 3.05) is 0 Å². The van der Waals surface area contributed by atoms with Gasteiger partial charge >= 0.3 is 0 Å². The smallest absolute Gasteiger partial charge is 0.127 e. The molecular formula is C13H16FN3. The predicted octanol–water partition coefficient (Wildman–Crippen LogP) is 2.71. The number of benzene rings is 1. The van der Waals surface area contributed by atoms with E-state index in [1.165, 1.54) is 6.07 Å². The van der Waals surface area contributed by atoms with E-state index in [-0.39, 0.29) is 11.9 Å². The first-order chi connectivity index (χ1) is 8.18. The maximum absolute atomic E-state index is 13.5. The molecule has 0 fully saturated rings. The lowest BCUT2D eigenvalue weighted by molar-refractivity contribution is 0.524. The largest absolute Gasteiger partial charge is 0.348 e. The first kappa shape index (κ1) is 11.8. The molecule has 1 atom stereocenters. The normalized spacial score (nSPS) is 12.6. The molecule has 0 aliphatic carbocycles. The Hall–Kier alpha value is -1.68. The number of hydrogen-bond donors (Lipinski definition) is 2. The summed E-state index contributed by atoms with van der Waals surface area (Å²) in [5.41, 5.74) is 2.69. The van der Waals surface area contributed by atoms with Crippen molar-refractivity contribution >= 4 is 0 Å². The van der Waals surface area contributed by atoms with Crippen LogP contribution in [0.4, 0.5) is 4.39 Å². The summed E-state index contributed by atoms with van der Waals surface area (Å²) in [5.74, 6) is -0.175. The highest BCUT2D eigenvalue weighted by atomic mass is 19.1. The average Bonchev–Trinajstić information content (AvgIpc) is 2.72. The zero-order valence-corrected chi connectivity index (χ0v) is 10.00. The number of rotatable bonds is 4. The minimum atomic E-state index is -0.175. The maximum Gasteiger partial charge on any atom is 0.127 e. The van der Waals surface area contributed by atoms with Crippen molar-refractivity contribution in [2.24, 2.45) is 0 Å². The van der Waals surface area contributed by atoms with Crippen LogP contribution in [0, 0.1) is 12.7 Å². The second-order valence-electron chi connectivity index (χ2n) is 4.10. The molecule has 0 amide bonds. The van der Waals surface area contributed by atoms with Gasteiger partial charge in [0.15, 0.2) is 0 Å². The Bertz CT molecular complexity index is 493. The minimum Gasteiger partial charge on any atom is -0.348 e. The van der Waals surface area contributed by atoms with Gasteiger partial charge in [0.2, 0.25) is 0 Å². The lowest BCUT2D eigenvalue weighted by Crippen LogP contribution is -2.19. The van der Waals surface area contributed by atoms with Gasteiger partial charge in [-0.25, -0.2) is 9.37 Å². The first-order valence-electron chi connectivity index (χ1n) is 5.65. The second-order valence-corrected chi connectivity index (χ2v) is 4.10. The molecule has 0 aliphatic rings. The summed E-state index contributed by atoms with van der Waals surface area (Å²) >= 11 is 0. The Kier molecular flexibility index (Phi) is 3.54. The predicted molar refractivity (Wildman–Crippen MR) is 65.0 cm³/mol. The zero-order chi connectivity index (χ0) is 12.3. The van der Waals surface area contributed by atoms with Gasteiger partial charge in [-0.15, -0.1) is 0 Å². The fourth-order valence-corrected chi connectivity index (χ4v) is 1.75. The molecule has 1 unspecified atom stereocenters. The quantitative estimate of drug-likeness (QED) is 0.852. The third-order valence-corrected chi connectivity index (χ3v) is 2.88. The zero-order valence-electron chi connectivity index (χ0n) is 10.00. The summed E-state index contributed by atoms with van der Waals surface area (Å²) in [6.45, 7) is 4.54. The summed E-state index contributed by atoms with van der Waals surface area (Å²) < 4.78 is 13.5. The van der Waals surface area contributed by atoms with Crippen LogP contribution >= 0.6 is 0 Å². The molecule has 2 aromatic rings. The summed E-state index contributed by atoms with van der Waals surface area (Å²) in [5, 5.41) is 3.26. The molecule has 0 bridgehead atoms. The van der Waals surface area contributed by atoms with E-state index in [1.807, 2.05) is 19.9 Å². The van der Waals surface area contributed by atoms with Crippen molar-refractivity contribution in [2.45, 2.75) is 26.4 Å². The van der Waals surface area contributed by atoms with Gasteiger partial charge in [0.25, 0.3) is 0 Å². The summed E-state index contributed by atoms with van der Waals surface area (Å²) in [6, 6.07) is 6.78. The molecule has 1 heterocycles.